The molecule has 0 bridgehead atoms. The first kappa shape index (κ1) is 46.0. The van der Waals surface area contributed by atoms with Crippen molar-refractivity contribution in [3.05, 3.63) is 48.6 Å². The van der Waals surface area contributed by atoms with Gasteiger partial charge >= 0.3 is 19.8 Å². The second-order valence-corrected chi connectivity index (χ2v) is 13.7. The molecule has 2 unspecified atom stereocenters. The van der Waals surface area contributed by atoms with Crippen LogP contribution >= 0.6 is 7.82 Å². The summed E-state index contributed by atoms with van der Waals surface area (Å²) in [4.78, 5) is 34.5. The molecular formula is C39H69O8P. The van der Waals surface area contributed by atoms with Crippen molar-refractivity contribution in [2.45, 2.75) is 168 Å². The number of rotatable bonds is 34. The van der Waals surface area contributed by atoms with Gasteiger partial charge in [0.25, 0.3) is 0 Å². The third-order valence-electron chi connectivity index (χ3n) is 7.66. The van der Waals surface area contributed by atoms with Crippen molar-refractivity contribution in [1.82, 2.24) is 0 Å². The summed E-state index contributed by atoms with van der Waals surface area (Å²) >= 11 is 0. The smallest absolute Gasteiger partial charge is 0.462 e. The van der Waals surface area contributed by atoms with E-state index in [1.54, 1.807) is 6.92 Å². The molecule has 0 saturated heterocycles. The second-order valence-electron chi connectivity index (χ2n) is 12.2. The van der Waals surface area contributed by atoms with E-state index in [1.165, 1.54) is 77.0 Å². The summed E-state index contributed by atoms with van der Waals surface area (Å²) in [5.41, 5.74) is 0. The summed E-state index contributed by atoms with van der Waals surface area (Å²) in [5.74, 6) is -0.892. The molecule has 278 valence electrons. The van der Waals surface area contributed by atoms with Gasteiger partial charge in [-0.3, -0.25) is 18.6 Å². The molecule has 0 fully saturated rings. The van der Waals surface area contributed by atoms with E-state index < -0.39 is 26.5 Å². The van der Waals surface area contributed by atoms with Crippen molar-refractivity contribution in [3.8, 4) is 0 Å². The fraction of sp³-hybridized carbons (Fsp3) is 0.744. The second kappa shape index (κ2) is 34.9. The lowest BCUT2D eigenvalue weighted by atomic mass is 10.0. The summed E-state index contributed by atoms with van der Waals surface area (Å²) in [6, 6.07) is 0. The monoisotopic (exact) mass is 696 g/mol. The number of phosphoric acid groups is 1. The fourth-order valence-electron chi connectivity index (χ4n) is 4.94. The molecule has 1 N–H and O–H groups in total. The molecule has 2 atom stereocenters. The Morgan fingerprint density at radius 2 is 1.06 bits per heavy atom. The lowest BCUT2D eigenvalue weighted by Crippen LogP contribution is -2.29. The molecule has 0 rings (SSSR count). The van der Waals surface area contributed by atoms with Gasteiger partial charge in [0.2, 0.25) is 0 Å². The van der Waals surface area contributed by atoms with Crippen LogP contribution in [0.1, 0.15) is 162 Å². The molecule has 0 spiro atoms. The van der Waals surface area contributed by atoms with E-state index in [-0.39, 0.29) is 32.0 Å². The van der Waals surface area contributed by atoms with Crippen molar-refractivity contribution in [1.29, 1.82) is 0 Å². The first-order chi connectivity index (χ1) is 23.3. The standard InChI is InChI=1S/C39H69O8P/c1-4-7-9-11-13-15-17-19-20-22-23-25-27-29-31-33-38(40)44-35-37(36-46-48(42,43)45-6-3)47-39(41)34-32-30-28-26-24-21-18-16-14-12-10-8-5-2/h8,10,14,16,21,24,28,30,37H,4-7,9,11-13,15,17-20,22-23,25-27,29,31-36H2,1-3H3,(H,42,43)/b10-8-,16-14-,24-21-,30-28-. The molecule has 0 aromatic carbocycles. The Balaban J connectivity index is 4.23. The maximum Gasteiger partial charge on any atom is 0.472 e. The fourth-order valence-corrected chi connectivity index (χ4v) is 5.69. The average Bonchev–Trinajstić information content (AvgIpc) is 3.06. The zero-order chi connectivity index (χ0) is 35.4. The summed E-state index contributed by atoms with van der Waals surface area (Å²) in [6.45, 7) is 5.26. The first-order valence-corrected chi connectivity index (χ1v) is 20.4. The van der Waals surface area contributed by atoms with Crippen LogP contribution in [0.15, 0.2) is 48.6 Å². The van der Waals surface area contributed by atoms with Crippen LogP contribution in [-0.2, 0) is 32.7 Å². The van der Waals surface area contributed by atoms with Crippen LogP contribution < -0.4 is 0 Å². The summed E-state index contributed by atoms with van der Waals surface area (Å²) in [6.07, 6.45) is 39.0. The maximum absolute atomic E-state index is 12.4. The zero-order valence-electron chi connectivity index (χ0n) is 30.6. The van der Waals surface area contributed by atoms with Crippen LogP contribution in [0.25, 0.3) is 0 Å². The van der Waals surface area contributed by atoms with Crippen LogP contribution in [0.3, 0.4) is 0 Å². The van der Waals surface area contributed by atoms with E-state index in [0.717, 1.165) is 44.9 Å². The minimum Gasteiger partial charge on any atom is -0.462 e. The number of carbonyl (C=O) groups is 2. The molecule has 0 aliphatic rings. The molecule has 0 heterocycles. The summed E-state index contributed by atoms with van der Waals surface area (Å²) < 4.78 is 32.4. The van der Waals surface area contributed by atoms with Crippen LogP contribution in [0.5, 0.6) is 0 Å². The maximum atomic E-state index is 12.4. The molecule has 8 nitrogen and oxygen atoms in total. The molecule has 0 aromatic heterocycles. The predicted octanol–water partition coefficient (Wildman–Crippen LogP) is 11.4. The van der Waals surface area contributed by atoms with Gasteiger partial charge in [0, 0.05) is 12.8 Å². The Bertz CT molecular complexity index is 927. The molecule has 0 saturated carbocycles. The molecule has 0 radical (unpaired) electrons. The molecule has 48 heavy (non-hydrogen) atoms. The lowest BCUT2D eigenvalue weighted by molar-refractivity contribution is -0.161. The quantitative estimate of drug-likeness (QED) is 0.0306. The number of esters is 2. The molecule has 0 amide bonds. The van der Waals surface area contributed by atoms with Gasteiger partial charge in [0.05, 0.1) is 13.2 Å². The minimum atomic E-state index is -4.29. The van der Waals surface area contributed by atoms with Crippen molar-refractivity contribution >= 4 is 19.8 Å². The van der Waals surface area contributed by atoms with Gasteiger partial charge in [-0.05, 0) is 45.4 Å². The molecule has 0 aliphatic heterocycles. The van der Waals surface area contributed by atoms with Gasteiger partial charge in [-0.25, -0.2) is 4.57 Å². The Hall–Kier alpha value is -1.99. The summed E-state index contributed by atoms with van der Waals surface area (Å²) in [7, 11) is -4.29. The van der Waals surface area contributed by atoms with E-state index in [0.29, 0.717) is 6.42 Å². The van der Waals surface area contributed by atoms with E-state index in [9.17, 15) is 19.0 Å². The van der Waals surface area contributed by atoms with Crippen molar-refractivity contribution < 1.29 is 37.6 Å². The van der Waals surface area contributed by atoms with E-state index in [4.69, 9.17) is 18.5 Å². The topological polar surface area (TPSA) is 108 Å². The SMILES string of the molecule is CC/C=C\C/C=C\C/C=C\C/C=C\CCC(=O)OC(COC(=O)CCCCCCCCCCCCCCCCC)COP(=O)(O)OCC. The lowest BCUT2D eigenvalue weighted by Gasteiger charge is -2.19. The Kier molecular flexibility index (Phi) is 33.4. The van der Waals surface area contributed by atoms with Crippen LogP contribution in [0, 0.1) is 0 Å². The number of hydrogen-bond acceptors (Lipinski definition) is 7. The van der Waals surface area contributed by atoms with E-state index in [2.05, 4.69) is 50.3 Å². The van der Waals surface area contributed by atoms with Gasteiger partial charge < -0.3 is 14.4 Å². The minimum absolute atomic E-state index is 0.0126. The third kappa shape index (κ3) is 33.9. The molecule has 0 aromatic rings. The number of allylic oxidation sites excluding steroid dienone is 8. The molecule has 9 heteroatoms. The highest BCUT2D eigenvalue weighted by atomic mass is 31.2. The predicted molar refractivity (Wildman–Crippen MR) is 198 cm³/mol. The Morgan fingerprint density at radius 3 is 1.56 bits per heavy atom. The van der Waals surface area contributed by atoms with Gasteiger partial charge in [-0.15, -0.1) is 0 Å². The molecule has 0 aliphatic carbocycles. The normalized spacial score (nSPS) is 14.0. The number of ether oxygens (including phenoxy) is 2. The van der Waals surface area contributed by atoms with Crippen LogP contribution in [0.4, 0.5) is 0 Å². The zero-order valence-corrected chi connectivity index (χ0v) is 31.5. The first-order valence-electron chi connectivity index (χ1n) is 18.9. The Labute approximate surface area is 293 Å². The summed E-state index contributed by atoms with van der Waals surface area (Å²) in [5, 5.41) is 0. The van der Waals surface area contributed by atoms with Gasteiger partial charge in [0.15, 0.2) is 6.10 Å². The van der Waals surface area contributed by atoms with Crippen molar-refractivity contribution in [2.75, 3.05) is 19.8 Å². The van der Waals surface area contributed by atoms with E-state index in [1.807, 2.05) is 12.2 Å². The van der Waals surface area contributed by atoms with E-state index >= 15 is 0 Å². The highest BCUT2D eigenvalue weighted by Crippen LogP contribution is 2.43. The van der Waals surface area contributed by atoms with Crippen molar-refractivity contribution in [2.24, 2.45) is 0 Å². The van der Waals surface area contributed by atoms with Crippen LogP contribution in [-0.4, -0.2) is 42.8 Å². The number of phosphoric ester groups is 1. The highest BCUT2D eigenvalue weighted by Gasteiger charge is 2.25. The largest absolute Gasteiger partial charge is 0.472 e. The van der Waals surface area contributed by atoms with Crippen LogP contribution in [0.2, 0.25) is 0 Å². The van der Waals surface area contributed by atoms with Gasteiger partial charge in [-0.2, -0.15) is 0 Å². The van der Waals surface area contributed by atoms with Crippen molar-refractivity contribution in [3.63, 3.8) is 0 Å². The van der Waals surface area contributed by atoms with Gasteiger partial charge in [-0.1, -0.05) is 152 Å². The highest BCUT2D eigenvalue weighted by molar-refractivity contribution is 7.47. The number of hydrogen-bond donors (Lipinski definition) is 1. The van der Waals surface area contributed by atoms with Gasteiger partial charge in [0.1, 0.15) is 6.61 Å². The molecular weight excluding hydrogens is 627 g/mol. The number of unbranched alkanes of at least 4 members (excludes halogenated alkanes) is 14. The average molecular weight is 697 g/mol. The Morgan fingerprint density at radius 1 is 0.583 bits per heavy atom. The third-order valence-corrected chi connectivity index (χ3v) is 8.72. The number of carbonyl (C=O) groups excluding carboxylic acids is 2.